The third-order valence-electron chi connectivity index (χ3n) is 2.94. The van der Waals surface area contributed by atoms with Crippen LogP contribution in [0.2, 0.25) is 0 Å². The maximum absolute atomic E-state index is 5.75. The van der Waals surface area contributed by atoms with E-state index in [9.17, 15) is 0 Å². The SMILES string of the molecule is CCNCc1cccc(COc2ccc(OCC)cc2)n1. The van der Waals surface area contributed by atoms with E-state index in [1.165, 1.54) is 0 Å². The first kappa shape index (κ1) is 15.3. The molecule has 1 aromatic heterocycles. The van der Waals surface area contributed by atoms with Crippen LogP contribution in [0, 0.1) is 0 Å². The zero-order valence-electron chi connectivity index (χ0n) is 12.6. The van der Waals surface area contributed by atoms with Crippen molar-refractivity contribution in [1.82, 2.24) is 10.3 Å². The summed E-state index contributed by atoms with van der Waals surface area (Å²) in [5.41, 5.74) is 1.96. The highest BCUT2D eigenvalue weighted by molar-refractivity contribution is 5.31. The maximum atomic E-state index is 5.75. The number of hydrogen-bond donors (Lipinski definition) is 1. The Morgan fingerprint density at radius 2 is 1.57 bits per heavy atom. The van der Waals surface area contributed by atoms with Gasteiger partial charge in [0.2, 0.25) is 0 Å². The monoisotopic (exact) mass is 286 g/mol. The van der Waals surface area contributed by atoms with E-state index in [2.05, 4.69) is 17.2 Å². The van der Waals surface area contributed by atoms with Gasteiger partial charge >= 0.3 is 0 Å². The van der Waals surface area contributed by atoms with Gasteiger partial charge in [0.15, 0.2) is 0 Å². The minimum absolute atomic E-state index is 0.466. The highest BCUT2D eigenvalue weighted by Crippen LogP contribution is 2.18. The van der Waals surface area contributed by atoms with Gasteiger partial charge in [0.05, 0.1) is 18.0 Å². The van der Waals surface area contributed by atoms with Crippen molar-refractivity contribution in [2.45, 2.75) is 27.0 Å². The number of benzene rings is 1. The van der Waals surface area contributed by atoms with Crippen LogP contribution < -0.4 is 14.8 Å². The Labute approximate surface area is 126 Å². The van der Waals surface area contributed by atoms with Gasteiger partial charge < -0.3 is 14.8 Å². The summed E-state index contributed by atoms with van der Waals surface area (Å²) >= 11 is 0. The number of nitrogens with zero attached hydrogens (tertiary/aromatic N) is 1. The fraction of sp³-hybridized carbons (Fsp3) is 0.353. The molecular formula is C17H22N2O2. The minimum Gasteiger partial charge on any atom is -0.494 e. The van der Waals surface area contributed by atoms with E-state index in [0.29, 0.717) is 13.2 Å². The van der Waals surface area contributed by atoms with Crippen LogP contribution in [-0.4, -0.2) is 18.1 Å². The summed E-state index contributed by atoms with van der Waals surface area (Å²) in [6, 6.07) is 13.6. The molecule has 0 unspecified atom stereocenters. The Bertz CT molecular complexity index is 541. The van der Waals surface area contributed by atoms with Crippen LogP contribution in [0.25, 0.3) is 0 Å². The molecule has 4 heteroatoms. The van der Waals surface area contributed by atoms with Gasteiger partial charge in [-0.1, -0.05) is 13.0 Å². The Balaban J connectivity index is 1.90. The average molecular weight is 286 g/mol. The van der Waals surface area contributed by atoms with Gasteiger partial charge in [-0.25, -0.2) is 0 Å². The molecule has 0 fully saturated rings. The number of nitrogens with one attached hydrogen (secondary N) is 1. The Hall–Kier alpha value is -2.07. The van der Waals surface area contributed by atoms with Crippen molar-refractivity contribution in [1.29, 1.82) is 0 Å². The molecule has 112 valence electrons. The molecule has 0 aliphatic rings. The van der Waals surface area contributed by atoms with Crippen molar-refractivity contribution >= 4 is 0 Å². The highest BCUT2D eigenvalue weighted by atomic mass is 16.5. The summed E-state index contributed by atoms with van der Waals surface area (Å²) in [7, 11) is 0. The lowest BCUT2D eigenvalue weighted by molar-refractivity contribution is 0.299. The average Bonchev–Trinajstić information content (AvgIpc) is 2.53. The van der Waals surface area contributed by atoms with Crippen molar-refractivity contribution in [3.05, 3.63) is 53.9 Å². The van der Waals surface area contributed by atoms with Gasteiger partial charge in [-0.15, -0.1) is 0 Å². The van der Waals surface area contributed by atoms with E-state index in [1.807, 2.05) is 49.4 Å². The molecule has 4 nitrogen and oxygen atoms in total. The van der Waals surface area contributed by atoms with Gasteiger partial charge in [-0.3, -0.25) is 4.98 Å². The second-order valence-corrected chi connectivity index (χ2v) is 4.59. The smallest absolute Gasteiger partial charge is 0.130 e. The molecule has 0 atom stereocenters. The fourth-order valence-corrected chi connectivity index (χ4v) is 1.92. The van der Waals surface area contributed by atoms with Crippen LogP contribution in [0.15, 0.2) is 42.5 Å². The lowest BCUT2D eigenvalue weighted by Gasteiger charge is -2.08. The lowest BCUT2D eigenvalue weighted by atomic mass is 10.3. The van der Waals surface area contributed by atoms with Crippen LogP contribution in [0.4, 0.5) is 0 Å². The minimum atomic E-state index is 0.466. The molecule has 1 aromatic carbocycles. The largest absolute Gasteiger partial charge is 0.494 e. The van der Waals surface area contributed by atoms with Crippen LogP contribution in [-0.2, 0) is 13.2 Å². The van der Waals surface area contributed by atoms with Gasteiger partial charge in [-0.2, -0.15) is 0 Å². The first-order valence-corrected chi connectivity index (χ1v) is 7.33. The third-order valence-corrected chi connectivity index (χ3v) is 2.94. The van der Waals surface area contributed by atoms with E-state index in [0.717, 1.165) is 36.0 Å². The second-order valence-electron chi connectivity index (χ2n) is 4.59. The van der Waals surface area contributed by atoms with E-state index >= 15 is 0 Å². The van der Waals surface area contributed by atoms with Crippen molar-refractivity contribution in [2.75, 3.05) is 13.2 Å². The number of pyridine rings is 1. The summed E-state index contributed by atoms with van der Waals surface area (Å²) in [5.74, 6) is 1.67. The van der Waals surface area contributed by atoms with Gasteiger partial charge in [0.25, 0.3) is 0 Å². The van der Waals surface area contributed by atoms with E-state index in [4.69, 9.17) is 9.47 Å². The topological polar surface area (TPSA) is 43.4 Å². The highest BCUT2D eigenvalue weighted by Gasteiger charge is 2.00. The lowest BCUT2D eigenvalue weighted by Crippen LogP contribution is -2.13. The molecule has 2 rings (SSSR count). The summed E-state index contributed by atoms with van der Waals surface area (Å²) in [6.07, 6.45) is 0. The molecular weight excluding hydrogens is 264 g/mol. The molecule has 1 N–H and O–H groups in total. The first-order chi connectivity index (χ1) is 10.3. The fourth-order valence-electron chi connectivity index (χ4n) is 1.92. The van der Waals surface area contributed by atoms with Gasteiger partial charge in [0.1, 0.15) is 18.1 Å². The molecule has 0 spiro atoms. The number of rotatable bonds is 8. The van der Waals surface area contributed by atoms with E-state index in [-0.39, 0.29) is 0 Å². The Morgan fingerprint density at radius 1 is 0.905 bits per heavy atom. The van der Waals surface area contributed by atoms with Crippen molar-refractivity contribution < 1.29 is 9.47 Å². The van der Waals surface area contributed by atoms with Crippen molar-refractivity contribution in [3.8, 4) is 11.5 Å². The first-order valence-electron chi connectivity index (χ1n) is 7.33. The van der Waals surface area contributed by atoms with Crippen molar-refractivity contribution in [3.63, 3.8) is 0 Å². The number of hydrogen-bond acceptors (Lipinski definition) is 4. The summed E-state index contributed by atoms with van der Waals surface area (Å²) in [6.45, 7) is 6.91. The predicted molar refractivity (Wildman–Crippen MR) is 83.6 cm³/mol. The Morgan fingerprint density at radius 3 is 2.24 bits per heavy atom. The quantitative estimate of drug-likeness (QED) is 0.809. The predicted octanol–water partition coefficient (Wildman–Crippen LogP) is 3.17. The van der Waals surface area contributed by atoms with Crippen molar-refractivity contribution in [2.24, 2.45) is 0 Å². The van der Waals surface area contributed by atoms with E-state index < -0.39 is 0 Å². The van der Waals surface area contributed by atoms with Gasteiger partial charge in [-0.05, 0) is 49.9 Å². The zero-order valence-corrected chi connectivity index (χ0v) is 12.6. The molecule has 0 radical (unpaired) electrons. The van der Waals surface area contributed by atoms with E-state index in [1.54, 1.807) is 0 Å². The Kier molecular flexibility index (Phi) is 6.03. The molecule has 0 bridgehead atoms. The molecule has 21 heavy (non-hydrogen) atoms. The molecule has 2 aromatic rings. The van der Waals surface area contributed by atoms with Gasteiger partial charge in [0, 0.05) is 6.54 Å². The molecule has 0 aliphatic heterocycles. The summed E-state index contributed by atoms with van der Waals surface area (Å²) in [5, 5.41) is 3.27. The van der Waals surface area contributed by atoms with Crippen LogP contribution >= 0.6 is 0 Å². The zero-order chi connectivity index (χ0) is 14.9. The number of aromatic nitrogens is 1. The molecule has 0 saturated heterocycles. The molecule has 0 aliphatic carbocycles. The second kappa shape index (κ2) is 8.27. The number of ether oxygens (including phenoxy) is 2. The van der Waals surface area contributed by atoms with Crippen LogP contribution in [0.1, 0.15) is 25.2 Å². The third kappa shape index (κ3) is 5.08. The maximum Gasteiger partial charge on any atom is 0.130 e. The molecule has 1 heterocycles. The summed E-state index contributed by atoms with van der Waals surface area (Å²) in [4.78, 5) is 4.56. The molecule has 0 saturated carbocycles. The molecule has 0 amide bonds. The normalized spacial score (nSPS) is 10.4. The standard InChI is InChI=1S/C17H22N2O2/c1-3-18-12-14-6-5-7-15(19-14)13-21-17-10-8-16(9-11-17)20-4-2/h5-11,18H,3-4,12-13H2,1-2H3. The van der Waals surface area contributed by atoms with Crippen LogP contribution in [0.3, 0.4) is 0 Å². The van der Waals surface area contributed by atoms with Crippen LogP contribution in [0.5, 0.6) is 11.5 Å². The summed E-state index contributed by atoms with van der Waals surface area (Å²) < 4.78 is 11.1.